The number of nitrogens with two attached hydrogens (primary N) is 1. The number of likely N-dealkylation sites (tertiary alicyclic amines) is 1. The first-order valence-corrected chi connectivity index (χ1v) is 8.29. The second-order valence-electron chi connectivity index (χ2n) is 6.43. The summed E-state index contributed by atoms with van der Waals surface area (Å²) in [5.74, 6) is 0.0869. The third-order valence-electron chi connectivity index (χ3n) is 4.91. The van der Waals surface area contributed by atoms with Crippen molar-refractivity contribution in [2.24, 2.45) is 5.73 Å². The Morgan fingerprint density at radius 2 is 2.05 bits per heavy atom. The Morgan fingerprint density at radius 3 is 2.81 bits per heavy atom. The predicted octanol–water partition coefficient (Wildman–Crippen LogP) is 1.66. The molecule has 0 spiro atoms. The van der Waals surface area contributed by atoms with Crippen LogP contribution in [0.2, 0.25) is 0 Å². The zero-order valence-corrected chi connectivity index (χ0v) is 12.8. The van der Waals surface area contributed by atoms with Crippen LogP contribution in [0.1, 0.15) is 55.7 Å². The lowest BCUT2D eigenvalue weighted by Crippen LogP contribution is -2.33. The van der Waals surface area contributed by atoms with E-state index in [-0.39, 0.29) is 11.8 Å². The summed E-state index contributed by atoms with van der Waals surface area (Å²) in [6.07, 6.45) is 9.76. The summed E-state index contributed by atoms with van der Waals surface area (Å²) in [5, 5.41) is 4.58. The number of fused-ring (bicyclic) bond motifs is 1. The van der Waals surface area contributed by atoms with E-state index in [4.69, 9.17) is 5.73 Å². The van der Waals surface area contributed by atoms with Gasteiger partial charge >= 0.3 is 0 Å². The third kappa shape index (κ3) is 3.46. The number of aromatic nitrogens is 2. The minimum Gasteiger partial charge on any atom is -0.370 e. The third-order valence-corrected chi connectivity index (χ3v) is 4.91. The Morgan fingerprint density at radius 1 is 1.24 bits per heavy atom. The monoisotopic (exact) mass is 290 g/mol. The Bertz CT molecular complexity index is 490. The van der Waals surface area contributed by atoms with E-state index < -0.39 is 0 Å². The fraction of sp³-hybridized carbons (Fsp3) is 0.750. The van der Waals surface area contributed by atoms with Gasteiger partial charge in [-0.2, -0.15) is 5.10 Å². The lowest BCUT2D eigenvalue weighted by Gasteiger charge is -2.27. The molecule has 5 heteroatoms. The van der Waals surface area contributed by atoms with Crippen LogP contribution < -0.4 is 5.73 Å². The van der Waals surface area contributed by atoms with Crippen molar-refractivity contribution in [2.45, 2.75) is 57.4 Å². The van der Waals surface area contributed by atoms with Crippen molar-refractivity contribution in [3.63, 3.8) is 0 Å². The number of carbonyl (C=O) groups excluding carboxylic acids is 1. The van der Waals surface area contributed by atoms with Gasteiger partial charge in [0.2, 0.25) is 5.91 Å². The van der Waals surface area contributed by atoms with Gasteiger partial charge in [-0.05, 0) is 56.7 Å². The molecular weight excluding hydrogens is 264 g/mol. The number of piperidine rings is 1. The first-order valence-electron chi connectivity index (χ1n) is 8.29. The predicted molar refractivity (Wildman–Crippen MR) is 82.0 cm³/mol. The van der Waals surface area contributed by atoms with Crippen LogP contribution in [-0.4, -0.2) is 40.2 Å². The topological polar surface area (TPSA) is 64.2 Å². The van der Waals surface area contributed by atoms with E-state index in [0.29, 0.717) is 6.42 Å². The number of hydrogen-bond acceptors (Lipinski definition) is 3. The molecule has 0 saturated carbocycles. The van der Waals surface area contributed by atoms with Crippen LogP contribution in [0.4, 0.5) is 0 Å². The van der Waals surface area contributed by atoms with Crippen molar-refractivity contribution < 1.29 is 4.79 Å². The number of hydrogen-bond donors (Lipinski definition) is 1. The van der Waals surface area contributed by atoms with Crippen molar-refractivity contribution in [2.75, 3.05) is 19.6 Å². The molecule has 2 heterocycles. The molecule has 1 saturated heterocycles. The average Bonchev–Trinajstić information content (AvgIpc) is 2.90. The largest absolute Gasteiger partial charge is 0.370 e. The molecule has 2 aliphatic rings. The summed E-state index contributed by atoms with van der Waals surface area (Å²) in [4.78, 5) is 13.7. The molecule has 0 radical (unpaired) electrons. The molecule has 1 fully saturated rings. The highest BCUT2D eigenvalue weighted by Crippen LogP contribution is 2.33. The van der Waals surface area contributed by atoms with Crippen LogP contribution in [0.15, 0.2) is 6.20 Å². The van der Waals surface area contributed by atoms with Crippen LogP contribution in [0, 0.1) is 0 Å². The van der Waals surface area contributed by atoms with Crippen LogP contribution in [0.3, 0.4) is 0 Å². The van der Waals surface area contributed by atoms with Gasteiger partial charge in [-0.1, -0.05) is 6.42 Å². The van der Waals surface area contributed by atoms with E-state index in [2.05, 4.69) is 14.7 Å². The number of rotatable bonds is 5. The Balaban J connectivity index is 1.64. The molecule has 1 aromatic heterocycles. The molecule has 0 unspecified atom stereocenters. The Hall–Kier alpha value is -1.36. The number of carbonyl (C=O) groups is 1. The van der Waals surface area contributed by atoms with Crippen LogP contribution in [0.25, 0.3) is 0 Å². The first-order chi connectivity index (χ1) is 10.2. The zero-order valence-electron chi connectivity index (χ0n) is 12.8. The molecule has 1 aromatic rings. The number of amides is 1. The first kappa shape index (κ1) is 14.6. The summed E-state index contributed by atoms with van der Waals surface area (Å²) in [5.41, 5.74) is 7.97. The maximum Gasteiger partial charge on any atom is 0.218 e. The highest BCUT2D eigenvalue weighted by Gasteiger charge is 2.25. The lowest BCUT2D eigenvalue weighted by molar-refractivity contribution is -0.118. The van der Waals surface area contributed by atoms with E-state index >= 15 is 0 Å². The molecule has 5 nitrogen and oxygen atoms in total. The Kier molecular flexibility index (Phi) is 4.58. The number of nitrogens with zero attached hydrogens (tertiary/aromatic N) is 3. The number of primary amides is 1. The van der Waals surface area contributed by atoms with E-state index in [9.17, 15) is 4.79 Å². The summed E-state index contributed by atoms with van der Waals surface area (Å²) < 4.78 is 2.16. The molecule has 116 valence electrons. The minimum atomic E-state index is -0.200. The summed E-state index contributed by atoms with van der Waals surface area (Å²) >= 11 is 0. The smallest absolute Gasteiger partial charge is 0.218 e. The highest BCUT2D eigenvalue weighted by molar-refractivity contribution is 5.74. The van der Waals surface area contributed by atoms with Gasteiger partial charge in [0, 0.05) is 18.7 Å². The molecule has 0 bridgehead atoms. The maximum atomic E-state index is 11.2. The Labute approximate surface area is 126 Å². The van der Waals surface area contributed by atoms with Gasteiger partial charge in [-0.3, -0.25) is 9.48 Å². The molecule has 2 N–H and O–H groups in total. The molecular formula is C16H26N4O. The standard InChI is InChI=1S/C16H26N4O/c17-16(21)11-13-5-4-6-15-14(13)12-18-20(15)10-9-19-7-2-1-3-8-19/h12-13H,1-11H2,(H2,17,21)/t13-/m0/s1. The highest BCUT2D eigenvalue weighted by atomic mass is 16.1. The van der Waals surface area contributed by atoms with Crippen molar-refractivity contribution in [3.05, 3.63) is 17.5 Å². The van der Waals surface area contributed by atoms with E-state index in [1.807, 2.05) is 6.20 Å². The van der Waals surface area contributed by atoms with Gasteiger partial charge in [0.1, 0.15) is 0 Å². The molecule has 3 rings (SSSR count). The average molecular weight is 290 g/mol. The summed E-state index contributed by atoms with van der Waals surface area (Å²) in [6, 6.07) is 0. The van der Waals surface area contributed by atoms with Gasteiger partial charge in [-0.25, -0.2) is 0 Å². The molecule has 1 atom stereocenters. The SMILES string of the molecule is NC(=O)C[C@@H]1CCCc2c1cnn2CCN1CCCCC1. The van der Waals surface area contributed by atoms with Crippen molar-refractivity contribution >= 4 is 5.91 Å². The zero-order chi connectivity index (χ0) is 14.7. The van der Waals surface area contributed by atoms with Crippen LogP contribution >= 0.6 is 0 Å². The van der Waals surface area contributed by atoms with Crippen molar-refractivity contribution in [1.29, 1.82) is 0 Å². The van der Waals surface area contributed by atoms with Gasteiger partial charge in [0.15, 0.2) is 0 Å². The summed E-state index contributed by atoms with van der Waals surface area (Å²) in [6.45, 7) is 4.52. The molecule has 1 aliphatic heterocycles. The van der Waals surface area contributed by atoms with Gasteiger partial charge < -0.3 is 10.6 Å². The second-order valence-corrected chi connectivity index (χ2v) is 6.43. The fourth-order valence-electron chi connectivity index (χ4n) is 3.78. The van der Waals surface area contributed by atoms with Crippen molar-refractivity contribution in [1.82, 2.24) is 14.7 Å². The lowest BCUT2D eigenvalue weighted by atomic mass is 9.85. The molecule has 1 aliphatic carbocycles. The van der Waals surface area contributed by atoms with Crippen molar-refractivity contribution in [3.8, 4) is 0 Å². The van der Waals surface area contributed by atoms with E-state index in [0.717, 1.165) is 32.4 Å². The van der Waals surface area contributed by atoms with Crippen LogP contribution in [-0.2, 0) is 17.8 Å². The van der Waals surface area contributed by atoms with Crippen LogP contribution in [0.5, 0.6) is 0 Å². The van der Waals surface area contributed by atoms with Gasteiger partial charge in [0.05, 0.1) is 12.7 Å². The molecule has 21 heavy (non-hydrogen) atoms. The van der Waals surface area contributed by atoms with E-state index in [1.165, 1.54) is 43.6 Å². The summed E-state index contributed by atoms with van der Waals surface area (Å²) in [7, 11) is 0. The molecule has 1 amide bonds. The second kappa shape index (κ2) is 6.60. The van der Waals surface area contributed by atoms with Gasteiger partial charge in [-0.15, -0.1) is 0 Å². The van der Waals surface area contributed by atoms with E-state index in [1.54, 1.807) is 0 Å². The molecule has 0 aromatic carbocycles. The quantitative estimate of drug-likeness (QED) is 0.897. The fourth-order valence-corrected chi connectivity index (χ4v) is 3.78. The van der Waals surface area contributed by atoms with Gasteiger partial charge in [0.25, 0.3) is 0 Å². The normalized spacial score (nSPS) is 23.0. The maximum absolute atomic E-state index is 11.2. The minimum absolute atomic E-state index is 0.200.